The molecule has 3 nitrogen and oxygen atoms in total. The lowest BCUT2D eigenvalue weighted by atomic mass is 9.93. The maximum Gasteiger partial charge on any atom is 0.155 e. The molecule has 3 heteroatoms. The number of nitrogens with one attached hydrogen (secondary N) is 1. The van der Waals surface area contributed by atoms with E-state index < -0.39 is 0 Å². The zero-order valence-corrected chi connectivity index (χ0v) is 7.72. The van der Waals surface area contributed by atoms with Crippen molar-refractivity contribution in [2.45, 2.75) is 19.3 Å². The van der Waals surface area contributed by atoms with E-state index in [-0.39, 0.29) is 5.78 Å². The van der Waals surface area contributed by atoms with Gasteiger partial charge >= 0.3 is 0 Å². The highest BCUT2D eigenvalue weighted by molar-refractivity contribution is 5.84. The number of hydrogen-bond donors (Lipinski definition) is 1. The molecule has 13 heavy (non-hydrogen) atoms. The minimum absolute atomic E-state index is 0.285. The zero-order chi connectivity index (χ0) is 9.26. The van der Waals surface area contributed by atoms with E-state index in [0.29, 0.717) is 13.0 Å². The molecule has 0 bridgehead atoms. The Morgan fingerprint density at radius 1 is 1.46 bits per heavy atom. The number of ether oxygens (including phenoxy) is 1. The van der Waals surface area contributed by atoms with Crippen molar-refractivity contribution < 1.29 is 9.53 Å². The first-order chi connectivity index (χ1) is 6.29. The second kappa shape index (κ2) is 3.24. The molecule has 0 amide bonds. The van der Waals surface area contributed by atoms with E-state index in [9.17, 15) is 4.79 Å². The van der Waals surface area contributed by atoms with Crippen LogP contribution >= 0.6 is 0 Å². The van der Waals surface area contributed by atoms with Gasteiger partial charge in [0.1, 0.15) is 0 Å². The van der Waals surface area contributed by atoms with E-state index in [1.54, 1.807) is 7.11 Å². The van der Waals surface area contributed by atoms with E-state index >= 15 is 0 Å². The van der Waals surface area contributed by atoms with Crippen LogP contribution in [0.5, 0.6) is 0 Å². The number of Topliss-reactive ketones (excluding diaryl/α,β-unsaturated/α-hetero) is 1. The lowest BCUT2D eigenvalue weighted by Gasteiger charge is -2.24. The minimum Gasteiger partial charge on any atom is -0.501 e. The fraction of sp³-hybridized carbons (Fsp3) is 0.500. The highest BCUT2D eigenvalue weighted by Gasteiger charge is 2.20. The lowest BCUT2D eigenvalue weighted by molar-refractivity contribution is -0.117. The molecular formula is C10H13NO2. The van der Waals surface area contributed by atoms with Gasteiger partial charge in [0, 0.05) is 18.5 Å². The Morgan fingerprint density at radius 2 is 2.31 bits per heavy atom. The Hall–Kier alpha value is -1.25. The maximum absolute atomic E-state index is 11.1. The van der Waals surface area contributed by atoms with Gasteiger partial charge in [0.25, 0.3) is 0 Å². The molecular weight excluding hydrogens is 166 g/mol. The molecule has 1 aliphatic heterocycles. The van der Waals surface area contributed by atoms with Crippen LogP contribution in [0.25, 0.3) is 0 Å². The van der Waals surface area contributed by atoms with Gasteiger partial charge in [-0.25, -0.2) is 0 Å². The van der Waals surface area contributed by atoms with Gasteiger partial charge in [0.15, 0.2) is 5.78 Å². The summed E-state index contributed by atoms with van der Waals surface area (Å²) in [5, 5.41) is 3.11. The predicted octanol–water partition coefficient (Wildman–Crippen LogP) is 1.13. The van der Waals surface area contributed by atoms with Crippen LogP contribution in [0.4, 0.5) is 0 Å². The van der Waals surface area contributed by atoms with Gasteiger partial charge in [0.2, 0.25) is 0 Å². The predicted molar refractivity (Wildman–Crippen MR) is 49.0 cm³/mol. The fourth-order valence-electron chi connectivity index (χ4n) is 1.76. The van der Waals surface area contributed by atoms with Gasteiger partial charge in [-0.15, -0.1) is 0 Å². The summed E-state index contributed by atoms with van der Waals surface area (Å²) in [6.45, 7) is 0.465. The van der Waals surface area contributed by atoms with Gasteiger partial charge in [-0.05, 0) is 18.1 Å². The summed E-state index contributed by atoms with van der Waals surface area (Å²) in [5.74, 6) is 1.29. The molecule has 0 spiro atoms. The van der Waals surface area contributed by atoms with Gasteiger partial charge in [-0.3, -0.25) is 4.79 Å². The highest BCUT2D eigenvalue weighted by atomic mass is 16.5. The van der Waals surface area contributed by atoms with E-state index in [1.807, 2.05) is 6.08 Å². The molecule has 0 aromatic heterocycles. The lowest BCUT2D eigenvalue weighted by Crippen LogP contribution is -2.30. The first-order valence-electron chi connectivity index (χ1n) is 4.52. The Bertz CT molecular complexity index is 302. The topological polar surface area (TPSA) is 38.3 Å². The normalized spacial score (nSPS) is 21.9. The molecule has 0 radical (unpaired) electrons. The number of carbonyl (C=O) groups excluding carboxylic acids is 1. The first-order valence-corrected chi connectivity index (χ1v) is 4.52. The average Bonchev–Trinajstić information content (AvgIpc) is 2.17. The summed E-state index contributed by atoms with van der Waals surface area (Å²) in [6.07, 6.45) is 4.50. The quantitative estimate of drug-likeness (QED) is 0.655. The number of methoxy groups -OCH3 is 1. The Balaban J connectivity index is 2.22. The van der Waals surface area contributed by atoms with E-state index in [1.165, 1.54) is 5.57 Å². The molecule has 0 unspecified atom stereocenters. The molecule has 2 aliphatic rings. The summed E-state index contributed by atoms with van der Waals surface area (Å²) in [5.41, 5.74) is 2.33. The third-order valence-electron chi connectivity index (χ3n) is 2.51. The number of carbonyl (C=O) groups is 1. The van der Waals surface area contributed by atoms with Gasteiger partial charge in [-0.2, -0.15) is 0 Å². The molecule has 0 saturated carbocycles. The Morgan fingerprint density at radius 3 is 3.08 bits per heavy atom. The van der Waals surface area contributed by atoms with Gasteiger partial charge < -0.3 is 10.1 Å². The SMILES string of the molecule is COC1=CC2=C(CC1)CC(=O)CN2. The van der Waals surface area contributed by atoms with Crippen LogP contribution in [-0.4, -0.2) is 19.4 Å². The van der Waals surface area contributed by atoms with Crippen molar-refractivity contribution in [3.05, 3.63) is 23.1 Å². The summed E-state index contributed by atoms with van der Waals surface area (Å²) in [7, 11) is 1.69. The molecule has 1 aliphatic carbocycles. The minimum atomic E-state index is 0.285. The van der Waals surface area contributed by atoms with Crippen molar-refractivity contribution in [2.24, 2.45) is 0 Å². The van der Waals surface area contributed by atoms with Gasteiger partial charge in [0.05, 0.1) is 19.4 Å². The largest absolute Gasteiger partial charge is 0.501 e. The van der Waals surface area contributed by atoms with Crippen molar-refractivity contribution >= 4 is 5.78 Å². The molecule has 1 heterocycles. The first kappa shape index (κ1) is 8.35. The van der Waals surface area contributed by atoms with Crippen LogP contribution in [0.2, 0.25) is 0 Å². The second-order valence-electron chi connectivity index (χ2n) is 3.40. The van der Waals surface area contributed by atoms with E-state index in [4.69, 9.17) is 4.74 Å². The van der Waals surface area contributed by atoms with Crippen molar-refractivity contribution in [2.75, 3.05) is 13.7 Å². The summed E-state index contributed by atoms with van der Waals surface area (Å²) < 4.78 is 5.17. The number of ketones is 1. The third-order valence-corrected chi connectivity index (χ3v) is 2.51. The molecule has 70 valence electrons. The fourth-order valence-corrected chi connectivity index (χ4v) is 1.76. The monoisotopic (exact) mass is 179 g/mol. The van der Waals surface area contributed by atoms with Crippen LogP contribution in [0.3, 0.4) is 0 Å². The smallest absolute Gasteiger partial charge is 0.155 e. The van der Waals surface area contributed by atoms with Crippen LogP contribution in [0, 0.1) is 0 Å². The Labute approximate surface area is 77.5 Å². The number of allylic oxidation sites excluding steroid dienone is 3. The van der Waals surface area contributed by atoms with Crippen LogP contribution in [0.1, 0.15) is 19.3 Å². The molecule has 0 saturated heterocycles. The van der Waals surface area contributed by atoms with Crippen molar-refractivity contribution in [3.8, 4) is 0 Å². The standard InChI is InChI=1S/C10H13NO2/c1-13-9-3-2-7-4-8(12)6-11-10(7)5-9/h5,11H,2-4,6H2,1H3. The second-order valence-corrected chi connectivity index (χ2v) is 3.40. The molecule has 2 rings (SSSR count). The Kier molecular flexibility index (Phi) is 2.08. The number of hydrogen-bond acceptors (Lipinski definition) is 3. The summed E-state index contributed by atoms with van der Waals surface area (Å²) >= 11 is 0. The molecule has 0 aromatic carbocycles. The van der Waals surface area contributed by atoms with Crippen molar-refractivity contribution in [3.63, 3.8) is 0 Å². The highest BCUT2D eigenvalue weighted by Crippen LogP contribution is 2.27. The van der Waals surface area contributed by atoms with E-state index in [2.05, 4.69) is 5.32 Å². The van der Waals surface area contributed by atoms with Crippen LogP contribution < -0.4 is 5.32 Å². The van der Waals surface area contributed by atoms with E-state index in [0.717, 1.165) is 24.3 Å². The molecule has 0 fully saturated rings. The summed E-state index contributed by atoms with van der Waals surface area (Å²) in [4.78, 5) is 11.1. The summed E-state index contributed by atoms with van der Waals surface area (Å²) in [6, 6.07) is 0. The van der Waals surface area contributed by atoms with Crippen LogP contribution in [-0.2, 0) is 9.53 Å². The average molecular weight is 179 g/mol. The zero-order valence-electron chi connectivity index (χ0n) is 7.72. The van der Waals surface area contributed by atoms with Crippen LogP contribution in [0.15, 0.2) is 23.1 Å². The van der Waals surface area contributed by atoms with Crippen molar-refractivity contribution in [1.82, 2.24) is 5.32 Å². The van der Waals surface area contributed by atoms with Crippen molar-refractivity contribution in [1.29, 1.82) is 0 Å². The molecule has 0 aromatic rings. The molecule has 0 atom stereocenters. The number of rotatable bonds is 1. The van der Waals surface area contributed by atoms with Gasteiger partial charge in [-0.1, -0.05) is 0 Å². The third kappa shape index (κ3) is 1.59. The molecule has 1 N–H and O–H groups in total. The maximum atomic E-state index is 11.1.